The lowest BCUT2D eigenvalue weighted by atomic mass is 10.2. The average Bonchev–Trinajstić information content (AvgIpc) is 2.63. The first-order chi connectivity index (χ1) is 12.7. The van der Waals surface area contributed by atoms with Crippen molar-refractivity contribution < 1.29 is 23.5 Å². The van der Waals surface area contributed by atoms with Gasteiger partial charge in [0, 0.05) is 11.9 Å². The number of thioether (sulfide) groups is 1. The molecule has 0 aliphatic heterocycles. The normalized spacial score (nSPS) is 11.9. The molecule has 2 rings (SSSR count). The van der Waals surface area contributed by atoms with Crippen LogP contribution in [-0.4, -0.2) is 47.1 Å². The van der Waals surface area contributed by atoms with Crippen molar-refractivity contribution in [1.82, 2.24) is 10.0 Å². The van der Waals surface area contributed by atoms with E-state index in [1.165, 1.54) is 37.9 Å². The van der Waals surface area contributed by atoms with E-state index in [0.717, 1.165) is 11.1 Å². The fourth-order valence-electron chi connectivity index (χ4n) is 2.08. The predicted molar refractivity (Wildman–Crippen MR) is 98.2 cm³/mol. The van der Waals surface area contributed by atoms with Crippen LogP contribution in [0.2, 0.25) is 0 Å². The monoisotopic (exact) mass is 399 g/mol. The van der Waals surface area contributed by atoms with Crippen molar-refractivity contribution in [3.05, 3.63) is 51.8 Å². The summed E-state index contributed by atoms with van der Waals surface area (Å²) < 4.78 is 27.9. The van der Waals surface area contributed by atoms with Crippen molar-refractivity contribution in [2.24, 2.45) is 0 Å². The summed E-state index contributed by atoms with van der Waals surface area (Å²) in [6.45, 7) is 1.30. The van der Waals surface area contributed by atoms with Crippen LogP contribution in [0.5, 0.6) is 0 Å². The van der Waals surface area contributed by atoms with E-state index in [1.807, 2.05) is 0 Å². The number of H-pyrrole nitrogens is 1. The molecule has 0 radical (unpaired) electrons. The molecule has 27 heavy (non-hydrogen) atoms. The van der Waals surface area contributed by atoms with E-state index in [4.69, 9.17) is 4.84 Å². The maximum atomic E-state index is 14.2. The molecule has 2 aromatic rings. The van der Waals surface area contributed by atoms with Crippen LogP contribution in [0.15, 0.2) is 34.0 Å². The smallest absolute Gasteiger partial charge is 0.285 e. The minimum absolute atomic E-state index is 0.00309. The number of amides is 1. The Hall–Kier alpha value is -2.43. The summed E-state index contributed by atoms with van der Waals surface area (Å²) >= 11 is 1.35. The summed E-state index contributed by atoms with van der Waals surface area (Å²) in [5.74, 6) is -2.76. The Morgan fingerprint density at radius 2 is 2.07 bits per heavy atom. The second-order valence-electron chi connectivity index (χ2n) is 5.65. The van der Waals surface area contributed by atoms with Gasteiger partial charge in [-0.3, -0.25) is 14.4 Å². The highest BCUT2D eigenvalue weighted by atomic mass is 32.2. The van der Waals surface area contributed by atoms with Gasteiger partial charge in [0.2, 0.25) is 0 Å². The maximum absolute atomic E-state index is 14.2. The van der Waals surface area contributed by atoms with E-state index >= 15 is 0 Å². The van der Waals surface area contributed by atoms with Gasteiger partial charge in [-0.05, 0) is 37.4 Å². The number of hydrogen-bond donors (Lipinski definition) is 3. The van der Waals surface area contributed by atoms with Gasteiger partial charge in [0.1, 0.15) is 18.2 Å². The van der Waals surface area contributed by atoms with E-state index in [0.29, 0.717) is 4.90 Å². The molecule has 7 nitrogen and oxygen atoms in total. The summed E-state index contributed by atoms with van der Waals surface area (Å²) in [4.78, 5) is 32.1. The summed E-state index contributed by atoms with van der Waals surface area (Å²) in [5, 5.41) is 12.6. The van der Waals surface area contributed by atoms with Gasteiger partial charge in [-0.25, -0.2) is 13.8 Å². The van der Waals surface area contributed by atoms with Crippen molar-refractivity contribution in [2.45, 2.75) is 17.9 Å². The molecule has 0 bridgehead atoms. The molecule has 0 saturated heterocycles. The zero-order chi connectivity index (χ0) is 20.1. The molecule has 10 heteroatoms. The van der Waals surface area contributed by atoms with Gasteiger partial charge in [-0.1, -0.05) is 0 Å². The highest BCUT2D eigenvalue weighted by Crippen LogP contribution is 2.25. The predicted octanol–water partition coefficient (Wildman–Crippen LogP) is 2.50. The molecule has 0 aliphatic carbocycles. The molecule has 1 aromatic carbocycles. The lowest BCUT2D eigenvalue weighted by Crippen LogP contribution is -2.31. The Bertz CT molecular complexity index is 889. The molecule has 0 fully saturated rings. The van der Waals surface area contributed by atoms with Crippen molar-refractivity contribution >= 4 is 29.2 Å². The molecule has 1 atom stereocenters. The number of carbonyl (C=O) groups is 1. The minimum Gasteiger partial charge on any atom is -0.391 e. The molecule has 1 unspecified atom stereocenters. The summed E-state index contributed by atoms with van der Waals surface area (Å²) in [6.07, 6.45) is 0.966. The molecule has 0 aliphatic rings. The van der Waals surface area contributed by atoms with E-state index in [9.17, 15) is 23.5 Å². The highest BCUT2D eigenvalue weighted by Gasteiger charge is 2.21. The number of aromatic amines is 1. The Kier molecular flexibility index (Phi) is 6.94. The molecule has 1 amide bonds. The van der Waals surface area contributed by atoms with Gasteiger partial charge < -0.3 is 15.4 Å². The molecule has 1 aromatic heterocycles. The second-order valence-corrected chi connectivity index (χ2v) is 6.53. The Morgan fingerprint density at radius 3 is 2.67 bits per heavy atom. The first-order valence-corrected chi connectivity index (χ1v) is 9.07. The average molecular weight is 399 g/mol. The van der Waals surface area contributed by atoms with Crippen LogP contribution >= 0.6 is 11.8 Å². The van der Waals surface area contributed by atoms with E-state index in [2.05, 4.69) is 10.3 Å². The van der Waals surface area contributed by atoms with E-state index in [1.54, 1.807) is 12.3 Å². The van der Waals surface area contributed by atoms with Gasteiger partial charge in [0.25, 0.3) is 11.5 Å². The van der Waals surface area contributed by atoms with Crippen molar-refractivity contribution in [3.63, 3.8) is 0 Å². The number of aliphatic hydroxyl groups is 1. The van der Waals surface area contributed by atoms with E-state index < -0.39 is 29.2 Å². The summed E-state index contributed by atoms with van der Waals surface area (Å²) in [6, 6.07) is 5.11. The van der Waals surface area contributed by atoms with Crippen molar-refractivity contribution in [2.75, 3.05) is 25.2 Å². The lowest BCUT2D eigenvalue weighted by molar-refractivity contribution is -0.127. The first-order valence-electron chi connectivity index (χ1n) is 7.85. The van der Waals surface area contributed by atoms with Gasteiger partial charge in [-0.2, -0.15) is 0 Å². The minimum atomic E-state index is -1.17. The topological polar surface area (TPSA) is 94.7 Å². The number of carbonyl (C=O) groups excluding carboxylic acids is 1. The highest BCUT2D eigenvalue weighted by molar-refractivity contribution is 7.98. The lowest BCUT2D eigenvalue weighted by Gasteiger charge is -2.19. The Morgan fingerprint density at radius 1 is 1.37 bits per heavy atom. The third-order valence-electron chi connectivity index (χ3n) is 3.46. The number of aliphatic hydroxyl groups excluding tert-OH is 1. The Balaban J connectivity index is 2.37. The van der Waals surface area contributed by atoms with Gasteiger partial charge in [0.05, 0.1) is 17.4 Å². The van der Waals surface area contributed by atoms with Crippen molar-refractivity contribution in [1.29, 1.82) is 0 Å². The maximum Gasteiger partial charge on any atom is 0.285 e. The number of halogens is 2. The fraction of sp³-hybridized carbons (Fsp3) is 0.294. The van der Waals surface area contributed by atoms with Crippen LogP contribution in [0.4, 0.5) is 20.3 Å². The van der Waals surface area contributed by atoms with Crippen LogP contribution in [0.1, 0.15) is 17.3 Å². The molecule has 1 heterocycles. The van der Waals surface area contributed by atoms with Crippen LogP contribution in [0, 0.1) is 11.6 Å². The number of nitrogens with zero attached hydrogens (tertiary/aromatic N) is 1. The number of hydrogen-bond acceptors (Lipinski definition) is 6. The van der Waals surface area contributed by atoms with Gasteiger partial charge in [0.15, 0.2) is 5.82 Å². The molecular formula is C17H19F2N3O4S. The number of anilines is 2. The third-order valence-corrected chi connectivity index (χ3v) is 4.18. The van der Waals surface area contributed by atoms with Crippen molar-refractivity contribution in [3.8, 4) is 0 Å². The number of benzene rings is 1. The van der Waals surface area contributed by atoms with E-state index in [-0.39, 0.29) is 23.7 Å². The number of hydroxylamine groups is 2. The molecular weight excluding hydrogens is 380 g/mol. The zero-order valence-corrected chi connectivity index (χ0v) is 15.7. The summed E-state index contributed by atoms with van der Waals surface area (Å²) in [5.41, 5.74) is -1.34. The number of rotatable bonds is 7. The van der Waals surface area contributed by atoms with Crippen LogP contribution < -0.4 is 10.9 Å². The Labute approximate surface area is 158 Å². The van der Waals surface area contributed by atoms with Crippen LogP contribution in [0.25, 0.3) is 0 Å². The molecule has 0 saturated carbocycles. The zero-order valence-electron chi connectivity index (χ0n) is 14.9. The van der Waals surface area contributed by atoms with Crippen LogP contribution in [0.3, 0.4) is 0 Å². The SMILES string of the molecule is CSc1ccc(Nc2[nH]c(=O)c(F)cc2C(=O)N(C)OCC(C)O)c(F)c1. The molecule has 3 N–H and O–H groups in total. The van der Waals surface area contributed by atoms with Crippen LogP contribution in [-0.2, 0) is 4.84 Å². The number of nitrogens with one attached hydrogen (secondary N) is 2. The third kappa shape index (κ3) is 5.28. The number of aromatic nitrogens is 1. The largest absolute Gasteiger partial charge is 0.391 e. The quantitative estimate of drug-likeness (QED) is 0.489. The summed E-state index contributed by atoms with van der Waals surface area (Å²) in [7, 11) is 1.27. The molecule has 0 spiro atoms. The second kappa shape index (κ2) is 8.98. The van der Waals surface area contributed by atoms with Gasteiger partial charge in [-0.15, -0.1) is 11.8 Å². The fourth-order valence-corrected chi connectivity index (χ4v) is 2.50. The number of pyridine rings is 1. The standard InChI is InChI=1S/C17H19F2N3O4S/c1-9(23)8-26-22(2)17(25)11-7-13(19)16(24)21-15(11)20-14-5-4-10(27-3)6-12(14)18/h4-7,9,23H,8H2,1-3H3,(H2,20,21,24). The molecule has 146 valence electrons. The first kappa shape index (κ1) is 20.9. The van der Waals surface area contributed by atoms with Gasteiger partial charge >= 0.3 is 0 Å².